The summed E-state index contributed by atoms with van der Waals surface area (Å²) in [6.45, 7) is 2.46. The fourth-order valence-electron chi connectivity index (χ4n) is 2.27. The van der Waals surface area contributed by atoms with Crippen molar-refractivity contribution in [3.63, 3.8) is 0 Å². The predicted molar refractivity (Wildman–Crippen MR) is 77.0 cm³/mol. The number of amides is 1. The third-order valence-corrected chi connectivity index (χ3v) is 4.49. The summed E-state index contributed by atoms with van der Waals surface area (Å²) in [6, 6.07) is 4.01. The van der Waals surface area contributed by atoms with E-state index in [1.807, 2.05) is 28.5 Å². The standard InChI is InChI=1S/C15H19NO2S/c17-15(6-5-14-2-1-9-19-14)16-8-7-13(10-16)18-11-12-3-4-12/h1-2,5-6,9,12-13H,3-4,7-8,10-11H2. The third-order valence-electron chi connectivity index (χ3n) is 3.65. The smallest absolute Gasteiger partial charge is 0.246 e. The molecule has 4 heteroatoms. The predicted octanol–water partition coefficient (Wildman–Crippen LogP) is 2.79. The summed E-state index contributed by atoms with van der Waals surface area (Å²) in [5, 5.41) is 2.02. The first kappa shape index (κ1) is 12.9. The molecule has 2 fully saturated rings. The molecule has 1 aromatic heterocycles. The van der Waals surface area contributed by atoms with Gasteiger partial charge in [-0.25, -0.2) is 0 Å². The first-order chi connectivity index (χ1) is 9.31. The van der Waals surface area contributed by atoms with Gasteiger partial charge in [-0.05, 0) is 42.7 Å². The molecule has 1 aromatic rings. The first-order valence-electron chi connectivity index (χ1n) is 6.93. The second-order valence-electron chi connectivity index (χ2n) is 5.32. The van der Waals surface area contributed by atoms with Crippen LogP contribution in [0, 0.1) is 5.92 Å². The van der Waals surface area contributed by atoms with Crippen LogP contribution in [0.4, 0.5) is 0 Å². The summed E-state index contributed by atoms with van der Waals surface area (Å²) in [5.74, 6) is 0.898. The molecule has 3 nitrogen and oxygen atoms in total. The van der Waals surface area contributed by atoms with Crippen molar-refractivity contribution < 1.29 is 9.53 Å². The summed E-state index contributed by atoms with van der Waals surface area (Å²) >= 11 is 1.64. The van der Waals surface area contributed by atoms with Crippen molar-refractivity contribution in [1.82, 2.24) is 4.90 Å². The molecule has 102 valence electrons. The average molecular weight is 277 g/mol. The highest BCUT2D eigenvalue weighted by molar-refractivity contribution is 7.10. The monoisotopic (exact) mass is 277 g/mol. The molecule has 3 rings (SSSR count). The van der Waals surface area contributed by atoms with E-state index in [0.717, 1.165) is 36.9 Å². The van der Waals surface area contributed by atoms with E-state index in [2.05, 4.69) is 0 Å². The Morgan fingerprint density at radius 1 is 1.47 bits per heavy atom. The number of carbonyl (C=O) groups is 1. The van der Waals surface area contributed by atoms with Crippen molar-refractivity contribution in [2.24, 2.45) is 5.92 Å². The molecule has 1 aliphatic carbocycles. The van der Waals surface area contributed by atoms with Crippen LogP contribution in [-0.2, 0) is 9.53 Å². The van der Waals surface area contributed by atoms with Crippen molar-refractivity contribution in [2.45, 2.75) is 25.4 Å². The van der Waals surface area contributed by atoms with E-state index in [1.54, 1.807) is 17.4 Å². The molecule has 2 heterocycles. The number of carbonyl (C=O) groups excluding carboxylic acids is 1. The van der Waals surface area contributed by atoms with Crippen LogP contribution < -0.4 is 0 Å². The van der Waals surface area contributed by atoms with Gasteiger partial charge in [-0.1, -0.05) is 6.07 Å². The Morgan fingerprint density at radius 2 is 2.37 bits per heavy atom. The van der Waals surface area contributed by atoms with Gasteiger partial charge in [-0.3, -0.25) is 4.79 Å². The Labute approximate surface area is 117 Å². The van der Waals surface area contributed by atoms with Crippen LogP contribution in [0.15, 0.2) is 23.6 Å². The maximum absolute atomic E-state index is 12.0. The first-order valence-corrected chi connectivity index (χ1v) is 7.81. The zero-order valence-corrected chi connectivity index (χ0v) is 11.8. The SMILES string of the molecule is O=C(C=Cc1cccs1)N1CCC(OCC2CC2)C1. The Morgan fingerprint density at radius 3 is 3.11 bits per heavy atom. The summed E-state index contributed by atoms with van der Waals surface area (Å²) < 4.78 is 5.84. The number of thiophene rings is 1. The Bertz CT molecular complexity index is 451. The van der Waals surface area contributed by atoms with Crippen LogP contribution in [-0.4, -0.2) is 36.6 Å². The maximum Gasteiger partial charge on any atom is 0.246 e. The number of ether oxygens (including phenoxy) is 1. The zero-order valence-electron chi connectivity index (χ0n) is 11.0. The Kier molecular flexibility index (Phi) is 3.99. The second kappa shape index (κ2) is 5.88. The molecule has 0 spiro atoms. The lowest BCUT2D eigenvalue weighted by molar-refractivity contribution is -0.125. The van der Waals surface area contributed by atoms with Crippen molar-refractivity contribution >= 4 is 23.3 Å². The van der Waals surface area contributed by atoms with Crippen LogP contribution in [0.1, 0.15) is 24.1 Å². The molecular weight excluding hydrogens is 258 g/mol. The normalized spacial score (nSPS) is 23.4. The van der Waals surface area contributed by atoms with E-state index in [9.17, 15) is 4.79 Å². The number of likely N-dealkylation sites (tertiary alicyclic amines) is 1. The summed E-state index contributed by atoms with van der Waals surface area (Å²) in [5.41, 5.74) is 0. The maximum atomic E-state index is 12.0. The van der Waals surface area contributed by atoms with Gasteiger partial charge in [-0.15, -0.1) is 11.3 Å². The van der Waals surface area contributed by atoms with Crippen molar-refractivity contribution in [2.75, 3.05) is 19.7 Å². The lowest BCUT2D eigenvalue weighted by Crippen LogP contribution is -2.28. The van der Waals surface area contributed by atoms with Crippen LogP contribution in [0.25, 0.3) is 6.08 Å². The molecule has 1 amide bonds. The molecule has 1 aliphatic heterocycles. The lowest BCUT2D eigenvalue weighted by atomic mass is 10.3. The van der Waals surface area contributed by atoms with E-state index in [0.29, 0.717) is 0 Å². The highest BCUT2D eigenvalue weighted by Gasteiger charge is 2.28. The molecule has 0 N–H and O–H groups in total. The fourth-order valence-corrected chi connectivity index (χ4v) is 2.88. The topological polar surface area (TPSA) is 29.5 Å². The van der Waals surface area contributed by atoms with Crippen LogP contribution in [0.5, 0.6) is 0 Å². The van der Waals surface area contributed by atoms with Gasteiger partial charge in [0.2, 0.25) is 5.91 Å². The van der Waals surface area contributed by atoms with Gasteiger partial charge in [0.05, 0.1) is 6.10 Å². The molecule has 19 heavy (non-hydrogen) atoms. The Hall–Kier alpha value is -1.13. The Balaban J connectivity index is 1.45. The minimum Gasteiger partial charge on any atom is -0.376 e. The van der Waals surface area contributed by atoms with E-state index >= 15 is 0 Å². The van der Waals surface area contributed by atoms with E-state index in [4.69, 9.17) is 4.74 Å². The van der Waals surface area contributed by atoms with Crippen molar-refractivity contribution in [1.29, 1.82) is 0 Å². The fraction of sp³-hybridized carbons (Fsp3) is 0.533. The number of hydrogen-bond acceptors (Lipinski definition) is 3. The minimum absolute atomic E-state index is 0.103. The molecule has 1 atom stereocenters. The molecular formula is C15H19NO2S. The summed E-state index contributed by atoms with van der Waals surface area (Å²) in [4.78, 5) is 15.0. The van der Waals surface area contributed by atoms with Crippen LogP contribution in [0.2, 0.25) is 0 Å². The summed E-state index contributed by atoms with van der Waals surface area (Å²) in [7, 11) is 0. The largest absolute Gasteiger partial charge is 0.376 e. The molecule has 2 aliphatic rings. The van der Waals surface area contributed by atoms with Crippen molar-refractivity contribution in [3.05, 3.63) is 28.5 Å². The quantitative estimate of drug-likeness (QED) is 0.775. The van der Waals surface area contributed by atoms with Gasteiger partial charge in [0.1, 0.15) is 0 Å². The lowest BCUT2D eigenvalue weighted by Gasteiger charge is -2.14. The average Bonchev–Trinajstić information content (AvgIpc) is 2.94. The molecule has 0 bridgehead atoms. The number of nitrogens with zero attached hydrogens (tertiary/aromatic N) is 1. The van der Waals surface area contributed by atoms with E-state index < -0.39 is 0 Å². The van der Waals surface area contributed by atoms with Crippen LogP contribution >= 0.6 is 11.3 Å². The number of rotatable bonds is 5. The molecule has 0 aromatic carbocycles. The molecule has 1 saturated heterocycles. The highest BCUT2D eigenvalue weighted by Crippen LogP contribution is 2.30. The van der Waals surface area contributed by atoms with Gasteiger partial charge >= 0.3 is 0 Å². The van der Waals surface area contributed by atoms with Gasteiger partial charge in [0, 0.05) is 30.6 Å². The second-order valence-corrected chi connectivity index (χ2v) is 6.30. The highest BCUT2D eigenvalue weighted by atomic mass is 32.1. The van der Waals surface area contributed by atoms with E-state index in [1.165, 1.54) is 12.8 Å². The zero-order chi connectivity index (χ0) is 13.1. The van der Waals surface area contributed by atoms with Gasteiger partial charge < -0.3 is 9.64 Å². The summed E-state index contributed by atoms with van der Waals surface area (Å²) in [6.07, 6.45) is 7.43. The van der Waals surface area contributed by atoms with E-state index in [-0.39, 0.29) is 12.0 Å². The molecule has 1 saturated carbocycles. The van der Waals surface area contributed by atoms with Gasteiger partial charge in [0.15, 0.2) is 0 Å². The molecule has 0 radical (unpaired) electrons. The van der Waals surface area contributed by atoms with Crippen LogP contribution in [0.3, 0.4) is 0 Å². The van der Waals surface area contributed by atoms with Crippen molar-refractivity contribution in [3.8, 4) is 0 Å². The third kappa shape index (κ3) is 3.67. The minimum atomic E-state index is 0.103. The van der Waals surface area contributed by atoms with Gasteiger partial charge in [0.25, 0.3) is 0 Å². The molecule has 1 unspecified atom stereocenters. The van der Waals surface area contributed by atoms with Gasteiger partial charge in [-0.2, -0.15) is 0 Å². The number of hydrogen-bond donors (Lipinski definition) is 0.